The molecule has 2 aromatic rings. The topological polar surface area (TPSA) is 47.0 Å². The Bertz CT molecular complexity index is 584. The molecular formula is C15H19N3OS. The molecule has 1 fully saturated rings. The number of para-hydroxylation sites is 1. The van der Waals surface area contributed by atoms with E-state index < -0.39 is 0 Å². The predicted octanol–water partition coefficient (Wildman–Crippen LogP) is 3.33. The molecule has 2 heterocycles. The Labute approximate surface area is 123 Å². The van der Waals surface area contributed by atoms with Gasteiger partial charge in [-0.05, 0) is 31.9 Å². The van der Waals surface area contributed by atoms with Gasteiger partial charge < -0.3 is 10.1 Å². The van der Waals surface area contributed by atoms with Gasteiger partial charge in [-0.3, -0.25) is 0 Å². The van der Waals surface area contributed by atoms with Gasteiger partial charge in [0, 0.05) is 24.3 Å². The summed E-state index contributed by atoms with van der Waals surface area (Å²) < 4.78 is 5.65. The summed E-state index contributed by atoms with van der Waals surface area (Å²) in [5.41, 5.74) is 0.994. The summed E-state index contributed by atoms with van der Waals surface area (Å²) in [4.78, 5) is 9.27. The minimum Gasteiger partial charge on any atom is -0.377 e. The normalized spacial score (nSPS) is 18.6. The second-order valence-electron chi connectivity index (χ2n) is 4.85. The molecule has 20 heavy (non-hydrogen) atoms. The molecule has 0 saturated carbocycles. The van der Waals surface area contributed by atoms with Crippen molar-refractivity contribution < 1.29 is 4.74 Å². The molecule has 1 N–H and O–H groups in total. The molecule has 0 aliphatic carbocycles. The lowest BCUT2D eigenvalue weighted by atomic mass is 10.2. The largest absolute Gasteiger partial charge is 0.377 e. The smallest absolute Gasteiger partial charge is 0.190 e. The summed E-state index contributed by atoms with van der Waals surface area (Å²) in [5, 5.41) is 5.23. The van der Waals surface area contributed by atoms with Crippen LogP contribution in [0, 0.1) is 0 Å². The molecular weight excluding hydrogens is 270 g/mol. The molecule has 4 nitrogen and oxygen atoms in total. The van der Waals surface area contributed by atoms with Crippen molar-refractivity contribution in [3.63, 3.8) is 0 Å². The molecule has 106 valence electrons. The molecule has 1 atom stereocenters. The maximum atomic E-state index is 5.65. The molecule has 5 heteroatoms. The van der Waals surface area contributed by atoms with E-state index in [0.29, 0.717) is 6.10 Å². The second-order valence-corrected chi connectivity index (χ2v) is 5.84. The monoisotopic (exact) mass is 289 g/mol. The maximum absolute atomic E-state index is 5.65. The van der Waals surface area contributed by atoms with E-state index in [0.717, 1.165) is 47.2 Å². The molecule has 1 aromatic heterocycles. The van der Waals surface area contributed by atoms with E-state index in [9.17, 15) is 0 Å². The van der Waals surface area contributed by atoms with Gasteiger partial charge in [-0.25, -0.2) is 9.97 Å². The summed E-state index contributed by atoms with van der Waals surface area (Å²) in [6.07, 6.45) is 2.69. The first-order valence-electron chi connectivity index (χ1n) is 7.12. The van der Waals surface area contributed by atoms with E-state index in [2.05, 4.69) is 28.3 Å². The fraction of sp³-hybridized carbons (Fsp3) is 0.467. The average molecular weight is 289 g/mol. The van der Waals surface area contributed by atoms with Gasteiger partial charge in [0.1, 0.15) is 5.82 Å². The van der Waals surface area contributed by atoms with Crippen LogP contribution in [-0.4, -0.2) is 35.0 Å². The van der Waals surface area contributed by atoms with Gasteiger partial charge in [-0.2, -0.15) is 0 Å². The molecule has 1 saturated heterocycles. The van der Waals surface area contributed by atoms with Gasteiger partial charge in [0.2, 0.25) is 0 Å². The Balaban J connectivity index is 1.82. The van der Waals surface area contributed by atoms with Crippen LogP contribution in [0.1, 0.15) is 19.8 Å². The lowest BCUT2D eigenvalue weighted by Crippen LogP contribution is -2.09. The van der Waals surface area contributed by atoms with E-state index in [4.69, 9.17) is 4.74 Å². The Kier molecular flexibility index (Phi) is 4.38. The maximum Gasteiger partial charge on any atom is 0.190 e. The van der Waals surface area contributed by atoms with Crippen LogP contribution in [-0.2, 0) is 4.74 Å². The zero-order chi connectivity index (χ0) is 13.8. The predicted molar refractivity (Wildman–Crippen MR) is 83.4 cm³/mol. The standard InChI is InChI=1S/C15H19N3OS/c1-2-16-14-12-7-3-4-8-13(12)17-15(18-14)20-10-11-6-5-9-19-11/h3-4,7-8,11H,2,5-6,9-10H2,1H3,(H,16,17,18). The Hall–Kier alpha value is -1.33. The Morgan fingerprint density at radius 2 is 2.25 bits per heavy atom. The summed E-state index contributed by atoms with van der Waals surface area (Å²) in [6, 6.07) is 8.13. The average Bonchev–Trinajstić information content (AvgIpc) is 2.99. The van der Waals surface area contributed by atoms with Gasteiger partial charge in [0.05, 0.1) is 11.6 Å². The van der Waals surface area contributed by atoms with Crippen molar-refractivity contribution in [2.45, 2.75) is 31.0 Å². The van der Waals surface area contributed by atoms with Crippen LogP contribution in [0.3, 0.4) is 0 Å². The van der Waals surface area contributed by atoms with Gasteiger partial charge in [-0.1, -0.05) is 23.9 Å². The van der Waals surface area contributed by atoms with Crippen molar-refractivity contribution in [1.82, 2.24) is 9.97 Å². The summed E-state index contributed by atoms with van der Waals surface area (Å²) in [7, 11) is 0. The lowest BCUT2D eigenvalue weighted by Gasteiger charge is -2.11. The van der Waals surface area contributed by atoms with Crippen molar-refractivity contribution >= 4 is 28.5 Å². The highest BCUT2D eigenvalue weighted by atomic mass is 32.2. The van der Waals surface area contributed by atoms with Crippen LogP contribution in [0.25, 0.3) is 10.9 Å². The van der Waals surface area contributed by atoms with Crippen LogP contribution in [0.2, 0.25) is 0 Å². The van der Waals surface area contributed by atoms with Crippen LogP contribution in [0.15, 0.2) is 29.4 Å². The number of fused-ring (bicyclic) bond motifs is 1. The Morgan fingerprint density at radius 3 is 3.05 bits per heavy atom. The zero-order valence-corrected chi connectivity index (χ0v) is 12.4. The first-order valence-corrected chi connectivity index (χ1v) is 8.10. The quantitative estimate of drug-likeness (QED) is 0.676. The molecule has 1 aliphatic heterocycles. The third kappa shape index (κ3) is 3.04. The first kappa shape index (κ1) is 13.6. The van der Waals surface area contributed by atoms with Gasteiger partial charge in [0.25, 0.3) is 0 Å². The molecule has 1 aliphatic rings. The van der Waals surface area contributed by atoms with E-state index in [1.165, 1.54) is 6.42 Å². The summed E-state index contributed by atoms with van der Waals surface area (Å²) in [6.45, 7) is 3.83. The van der Waals surface area contributed by atoms with Crippen LogP contribution in [0.4, 0.5) is 5.82 Å². The van der Waals surface area contributed by atoms with Crippen molar-refractivity contribution in [2.24, 2.45) is 0 Å². The summed E-state index contributed by atoms with van der Waals surface area (Å²) in [5.74, 6) is 1.86. The number of aromatic nitrogens is 2. The van der Waals surface area contributed by atoms with Crippen LogP contribution in [0.5, 0.6) is 0 Å². The minimum atomic E-state index is 0.359. The zero-order valence-electron chi connectivity index (χ0n) is 11.6. The number of rotatable bonds is 5. The fourth-order valence-electron chi connectivity index (χ4n) is 2.37. The van der Waals surface area contributed by atoms with Crippen molar-refractivity contribution in [3.05, 3.63) is 24.3 Å². The van der Waals surface area contributed by atoms with Crippen molar-refractivity contribution in [1.29, 1.82) is 0 Å². The molecule has 0 radical (unpaired) electrons. The van der Waals surface area contributed by atoms with Gasteiger partial charge >= 0.3 is 0 Å². The van der Waals surface area contributed by atoms with E-state index in [1.807, 2.05) is 18.2 Å². The van der Waals surface area contributed by atoms with E-state index in [1.54, 1.807) is 11.8 Å². The van der Waals surface area contributed by atoms with Crippen LogP contribution < -0.4 is 5.32 Å². The fourth-order valence-corrected chi connectivity index (χ4v) is 3.28. The molecule has 0 bridgehead atoms. The molecule has 0 amide bonds. The number of thioether (sulfide) groups is 1. The van der Waals surface area contributed by atoms with Crippen molar-refractivity contribution in [3.8, 4) is 0 Å². The lowest BCUT2D eigenvalue weighted by molar-refractivity contribution is 0.129. The van der Waals surface area contributed by atoms with Crippen LogP contribution >= 0.6 is 11.8 Å². The second kappa shape index (κ2) is 6.41. The number of hydrogen-bond donors (Lipinski definition) is 1. The van der Waals surface area contributed by atoms with Crippen molar-refractivity contribution in [2.75, 3.05) is 24.2 Å². The number of hydrogen-bond acceptors (Lipinski definition) is 5. The highest BCUT2D eigenvalue weighted by Gasteiger charge is 2.16. The number of anilines is 1. The highest BCUT2D eigenvalue weighted by Crippen LogP contribution is 2.26. The van der Waals surface area contributed by atoms with E-state index in [-0.39, 0.29) is 0 Å². The third-order valence-corrected chi connectivity index (χ3v) is 4.33. The number of nitrogens with zero attached hydrogens (tertiary/aromatic N) is 2. The van der Waals surface area contributed by atoms with E-state index >= 15 is 0 Å². The van der Waals surface area contributed by atoms with Gasteiger partial charge in [-0.15, -0.1) is 0 Å². The third-order valence-electron chi connectivity index (χ3n) is 3.35. The molecule has 1 aromatic carbocycles. The SMILES string of the molecule is CCNc1nc(SCC2CCCO2)nc2ccccc12. The molecule has 0 spiro atoms. The molecule has 1 unspecified atom stereocenters. The van der Waals surface area contributed by atoms with Gasteiger partial charge in [0.15, 0.2) is 5.16 Å². The Morgan fingerprint density at radius 1 is 1.35 bits per heavy atom. The number of nitrogens with one attached hydrogen (secondary N) is 1. The molecule has 3 rings (SSSR count). The minimum absolute atomic E-state index is 0.359. The number of benzene rings is 1. The first-order chi connectivity index (χ1) is 9.86. The highest BCUT2D eigenvalue weighted by molar-refractivity contribution is 7.99. The summed E-state index contributed by atoms with van der Waals surface area (Å²) >= 11 is 1.69. The number of ether oxygens (including phenoxy) is 1.